The van der Waals surface area contributed by atoms with Crippen molar-refractivity contribution in [3.63, 3.8) is 0 Å². The van der Waals surface area contributed by atoms with E-state index < -0.39 is 5.97 Å². The van der Waals surface area contributed by atoms with Gasteiger partial charge in [-0.05, 0) is 31.4 Å². The summed E-state index contributed by atoms with van der Waals surface area (Å²) in [6, 6.07) is 3.37. The number of pyridine rings is 1. The molecule has 1 N–H and O–H groups in total. The van der Waals surface area contributed by atoms with Gasteiger partial charge in [-0.3, -0.25) is 0 Å². The molecule has 1 fully saturated rings. The van der Waals surface area contributed by atoms with Gasteiger partial charge >= 0.3 is 5.97 Å². The van der Waals surface area contributed by atoms with Crippen molar-refractivity contribution in [1.82, 2.24) is 4.98 Å². The fraction of sp³-hybridized carbons (Fsp3) is 0.538. The molecule has 1 aliphatic carbocycles. The molecular weight excluding hydrogens is 234 g/mol. The lowest BCUT2D eigenvalue weighted by atomic mass is 10.2. The molecule has 0 aliphatic heterocycles. The van der Waals surface area contributed by atoms with Gasteiger partial charge in [0, 0.05) is 10.9 Å². The zero-order chi connectivity index (χ0) is 12.3. The maximum absolute atomic E-state index is 11.0. The highest BCUT2D eigenvalue weighted by atomic mass is 32.2. The quantitative estimate of drug-likeness (QED) is 0.891. The zero-order valence-electron chi connectivity index (χ0n) is 9.98. The van der Waals surface area contributed by atoms with Gasteiger partial charge in [0.2, 0.25) is 0 Å². The molecule has 0 spiro atoms. The minimum atomic E-state index is -0.865. The van der Waals surface area contributed by atoms with Gasteiger partial charge in [0.1, 0.15) is 0 Å². The van der Waals surface area contributed by atoms with Gasteiger partial charge in [-0.2, -0.15) is 0 Å². The van der Waals surface area contributed by atoms with Crippen molar-refractivity contribution >= 4 is 17.7 Å². The summed E-state index contributed by atoms with van der Waals surface area (Å²) >= 11 is 1.74. The van der Waals surface area contributed by atoms with Gasteiger partial charge in [-0.15, -0.1) is 11.8 Å². The third-order valence-corrected chi connectivity index (χ3v) is 4.31. The van der Waals surface area contributed by atoms with Crippen molar-refractivity contribution in [2.75, 3.05) is 0 Å². The predicted octanol–water partition coefficient (Wildman–Crippen LogP) is 3.38. The van der Waals surface area contributed by atoms with E-state index in [1.165, 1.54) is 25.7 Å². The maximum atomic E-state index is 11.0. The largest absolute Gasteiger partial charge is 0.478 e. The minimum Gasteiger partial charge on any atom is -0.478 e. The van der Waals surface area contributed by atoms with Gasteiger partial charge < -0.3 is 5.11 Å². The Balaban J connectivity index is 2.19. The number of aryl methyl sites for hydroxylation is 1. The van der Waals surface area contributed by atoms with Crippen molar-refractivity contribution < 1.29 is 9.90 Å². The average molecular weight is 251 g/mol. The number of carboxylic acid groups (broad SMARTS) is 1. The summed E-state index contributed by atoms with van der Waals surface area (Å²) in [5.74, 6) is -0.865. The fourth-order valence-electron chi connectivity index (χ4n) is 2.10. The summed E-state index contributed by atoms with van der Waals surface area (Å²) < 4.78 is 0. The monoisotopic (exact) mass is 251 g/mol. The van der Waals surface area contributed by atoms with Crippen LogP contribution in [0.3, 0.4) is 0 Å². The first kappa shape index (κ1) is 12.4. The number of aromatic carboxylic acids is 1. The summed E-state index contributed by atoms with van der Waals surface area (Å²) in [6.07, 6.45) is 5.81. The van der Waals surface area contributed by atoms with E-state index in [9.17, 15) is 4.79 Å². The van der Waals surface area contributed by atoms with Crippen LogP contribution >= 0.6 is 11.8 Å². The molecule has 0 amide bonds. The molecule has 1 aromatic heterocycles. The second-order valence-electron chi connectivity index (χ2n) is 4.37. The van der Waals surface area contributed by atoms with Gasteiger partial charge in [0.05, 0.1) is 10.6 Å². The van der Waals surface area contributed by atoms with Crippen LogP contribution in [0.1, 0.15) is 48.7 Å². The van der Waals surface area contributed by atoms with Gasteiger partial charge in [-0.1, -0.05) is 19.8 Å². The van der Waals surface area contributed by atoms with E-state index in [0.29, 0.717) is 10.8 Å². The summed E-state index contributed by atoms with van der Waals surface area (Å²) in [7, 11) is 0. The summed E-state index contributed by atoms with van der Waals surface area (Å²) in [5.41, 5.74) is 1.22. The molecule has 1 aromatic rings. The Morgan fingerprint density at radius 3 is 2.76 bits per heavy atom. The topological polar surface area (TPSA) is 50.2 Å². The Labute approximate surface area is 106 Å². The first-order valence-electron chi connectivity index (χ1n) is 6.10. The number of rotatable bonds is 4. The Kier molecular flexibility index (Phi) is 4.05. The highest BCUT2D eigenvalue weighted by molar-refractivity contribution is 7.99. The normalized spacial score (nSPS) is 16.3. The Morgan fingerprint density at radius 1 is 1.47 bits per heavy atom. The SMILES string of the molecule is CCc1cc(C(=O)O)cc(SC2CCCC2)n1. The molecule has 3 nitrogen and oxygen atoms in total. The van der Waals surface area contributed by atoms with Gasteiger partial charge in [-0.25, -0.2) is 9.78 Å². The van der Waals surface area contributed by atoms with E-state index in [-0.39, 0.29) is 0 Å². The average Bonchev–Trinajstić information content (AvgIpc) is 2.81. The van der Waals surface area contributed by atoms with Crippen molar-refractivity contribution in [3.8, 4) is 0 Å². The second-order valence-corrected chi connectivity index (χ2v) is 5.69. The number of carboxylic acids is 1. The molecule has 2 rings (SSSR count). The minimum absolute atomic E-state index is 0.359. The van der Waals surface area contributed by atoms with Crippen LogP contribution in [-0.2, 0) is 6.42 Å². The van der Waals surface area contributed by atoms with Crippen molar-refractivity contribution in [2.24, 2.45) is 0 Å². The van der Waals surface area contributed by atoms with E-state index in [1.54, 1.807) is 23.9 Å². The molecule has 0 aromatic carbocycles. The lowest BCUT2D eigenvalue weighted by molar-refractivity contribution is 0.0696. The molecule has 1 heterocycles. The molecule has 1 aliphatic rings. The number of hydrogen-bond donors (Lipinski definition) is 1. The Hall–Kier alpha value is -1.03. The number of nitrogens with zero attached hydrogens (tertiary/aromatic N) is 1. The molecule has 17 heavy (non-hydrogen) atoms. The molecule has 92 valence electrons. The smallest absolute Gasteiger partial charge is 0.335 e. The van der Waals surface area contributed by atoms with E-state index in [2.05, 4.69) is 4.98 Å². The molecule has 0 atom stereocenters. The fourth-order valence-corrected chi connectivity index (χ4v) is 3.38. The lowest BCUT2D eigenvalue weighted by Crippen LogP contribution is -2.02. The molecular formula is C13H17NO2S. The highest BCUT2D eigenvalue weighted by Crippen LogP contribution is 2.34. The molecule has 1 saturated carbocycles. The molecule has 0 unspecified atom stereocenters. The van der Waals surface area contributed by atoms with E-state index in [1.807, 2.05) is 6.92 Å². The Bertz CT molecular complexity index is 414. The van der Waals surface area contributed by atoms with E-state index in [0.717, 1.165) is 17.1 Å². The standard InChI is InChI=1S/C13H17NO2S/c1-2-10-7-9(13(15)16)8-12(14-10)17-11-5-3-4-6-11/h7-8,11H,2-6H2,1H3,(H,15,16). The van der Waals surface area contributed by atoms with Crippen LogP contribution in [0.25, 0.3) is 0 Å². The van der Waals surface area contributed by atoms with E-state index in [4.69, 9.17) is 5.11 Å². The molecule has 0 saturated heterocycles. The zero-order valence-corrected chi connectivity index (χ0v) is 10.8. The molecule has 0 bridgehead atoms. The summed E-state index contributed by atoms with van der Waals surface area (Å²) in [5, 5.41) is 10.5. The van der Waals surface area contributed by atoms with E-state index >= 15 is 0 Å². The van der Waals surface area contributed by atoms with Crippen LogP contribution < -0.4 is 0 Å². The molecule has 0 radical (unpaired) electrons. The third-order valence-electron chi connectivity index (χ3n) is 3.05. The van der Waals surface area contributed by atoms with Crippen molar-refractivity contribution in [1.29, 1.82) is 0 Å². The molecule has 4 heteroatoms. The van der Waals surface area contributed by atoms with Gasteiger partial charge in [0.15, 0.2) is 0 Å². The highest BCUT2D eigenvalue weighted by Gasteiger charge is 2.18. The van der Waals surface area contributed by atoms with Crippen LogP contribution in [0.4, 0.5) is 0 Å². The van der Waals surface area contributed by atoms with Gasteiger partial charge in [0.25, 0.3) is 0 Å². The maximum Gasteiger partial charge on any atom is 0.335 e. The third kappa shape index (κ3) is 3.22. The number of aromatic nitrogens is 1. The first-order valence-corrected chi connectivity index (χ1v) is 6.98. The van der Waals surface area contributed by atoms with Crippen LogP contribution in [-0.4, -0.2) is 21.3 Å². The van der Waals surface area contributed by atoms with Crippen molar-refractivity contribution in [2.45, 2.75) is 49.3 Å². The first-order chi connectivity index (χ1) is 8.19. The number of carbonyl (C=O) groups is 1. The number of thioether (sulfide) groups is 1. The Morgan fingerprint density at radius 2 is 2.18 bits per heavy atom. The summed E-state index contributed by atoms with van der Waals surface area (Å²) in [4.78, 5) is 15.5. The lowest BCUT2D eigenvalue weighted by Gasteiger charge is -2.09. The van der Waals surface area contributed by atoms with Crippen LogP contribution in [0.15, 0.2) is 17.2 Å². The second kappa shape index (κ2) is 5.54. The van der Waals surface area contributed by atoms with Crippen LogP contribution in [0, 0.1) is 0 Å². The summed E-state index contributed by atoms with van der Waals surface area (Å²) in [6.45, 7) is 2.00. The number of hydrogen-bond acceptors (Lipinski definition) is 3. The van der Waals surface area contributed by atoms with Crippen LogP contribution in [0.5, 0.6) is 0 Å². The predicted molar refractivity (Wildman–Crippen MR) is 68.7 cm³/mol. The van der Waals surface area contributed by atoms with Crippen molar-refractivity contribution in [3.05, 3.63) is 23.4 Å². The van der Waals surface area contributed by atoms with Crippen LogP contribution in [0.2, 0.25) is 0 Å².